The summed E-state index contributed by atoms with van der Waals surface area (Å²) in [5, 5.41) is 4.77. The SMILES string of the molecule is CCCCCCCCNCc1cnc(C(C)(C)C)s1. The number of nitrogens with zero attached hydrogens (tertiary/aromatic N) is 1. The molecule has 0 bridgehead atoms. The van der Waals surface area contributed by atoms with Gasteiger partial charge in [-0.15, -0.1) is 11.3 Å². The van der Waals surface area contributed by atoms with Gasteiger partial charge in [0.1, 0.15) is 0 Å². The average Bonchev–Trinajstić information content (AvgIpc) is 2.81. The summed E-state index contributed by atoms with van der Waals surface area (Å²) in [6, 6.07) is 0. The van der Waals surface area contributed by atoms with Crippen molar-refractivity contribution in [3.63, 3.8) is 0 Å². The van der Waals surface area contributed by atoms with E-state index in [1.807, 2.05) is 17.5 Å². The first-order chi connectivity index (χ1) is 9.04. The molecule has 0 atom stereocenters. The van der Waals surface area contributed by atoms with E-state index in [0.29, 0.717) is 0 Å². The normalized spacial score (nSPS) is 12.0. The highest BCUT2D eigenvalue weighted by atomic mass is 32.1. The summed E-state index contributed by atoms with van der Waals surface area (Å²) < 4.78 is 0. The van der Waals surface area contributed by atoms with Gasteiger partial charge in [-0.05, 0) is 13.0 Å². The van der Waals surface area contributed by atoms with Crippen LogP contribution in [0.3, 0.4) is 0 Å². The van der Waals surface area contributed by atoms with Gasteiger partial charge in [0, 0.05) is 23.0 Å². The molecule has 19 heavy (non-hydrogen) atoms. The fraction of sp³-hybridized carbons (Fsp3) is 0.812. The molecule has 0 amide bonds. The highest BCUT2D eigenvalue weighted by Crippen LogP contribution is 2.26. The van der Waals surface area contributed by atoms with E-state index in [0.717, 1.165) is 13.1 Å². The topological polar surface area (TPSA) is 24.9 Å². The minimum atomic E-state index is 0.183. The maximum Gasteiger partial charge on any atom is 0.0981 e. The second-order valence-electron chi connectivity index (χ2n) is 6.33. The minimum absolute atomic E-state index is 0.183. The van der Waals surface area contributed by atoms with E-state index in [2.05, 4.69) is 38.0 Å². The van der Waals surface area contributed by atoms with Crippen LogP contribution >= 0.6 is 11.3 Å². The lowest BCUT2D eigenvalue weighted by atomic mass is 9.98. The van der Waals surface area contributed by atoms with Crippen molar-refractivity contribution in [3.05, 3.63) is 16.1 Å². The molecule has 2 nitrogen and oxygen atoms in total. The van der Waals surface area contributed by atoms with Gasteiger partial charge in [-0.3, -0.25) is 0 Å². The molecule has 3 heteroatoms. The van der Waals surface area contributed by atoms with Crippen LogP contribution in [0.5, 0.6) is 0 Å². The van der Waals surface area contributed by atoms with Crippen LogP contribution < -0.4 is 5.32 Å². The quantitative estimate of drug-likeness (QED) is 0.652. The van der Waals surface area contributed by atoms with Gasteiger partial charge in [0.25, 0.3) is 0 Å². The van der Waals surface area contributed by atoms with E-state index in [1.54, 1.807) is 0 Å². The number of rotatable bonds is 9. The molecule has 1 aromatic rings. The molecule has 0 aliphatic rings. The van der Waals surface area contributed by atoms with Crippen molar-refractivity contribution in [2.75, 3.05) is 6.54 Å². The Bertz CT molecular complexity index is 339. The summed E-state index contributed by atoms with van der Waals surface area (Å²) in [5.74, 6) is 0. The average molecular weight is 282 g/mol. The summed E-state index contributed by atoms with van der Waals surface area (Å²) in [7, 11) is 0. The van der Waals surface area contributed by atoms with Crippen LogP contribution in [0.4, 0.5) is 0 Å². The van der Waals surface area contributed by atoms with Gasteiger partial charge in [0.2, 0.25) is 0 Å². The predicted octanol–water partition coefficient (Wildman–Crippen LogP) is 4.89. The molecule has 0 fully saturated rings. The number of thiazole rings is 1. The maximum absolute atomic E-state index is 4.51. The van der Waals surface area contributed by atoms with Crippen molar-refractivity contribution in [2.24, 2.45) is 0 Å². The highest BCUT2D eigenvalue weighted by molar-refractivity contribution is 7.11. The second kappa shape index (κ2) is 8.70. The molecule has 0 spiro atoms. The molecule has 1 rings (SSSR count). The van der Waals surface area contributed by atoms with E-state index in [9.17, 15) is 0 Å². The molecule has 0 aliphatic carbocycles. The van der Waals surface area contributed by atoms with E-state index in [4.69, 9.17) is 0 Å². The third-order valence-electron chi connectivity index (χ3n) is 3.20. The first-order valence-corrected chi connectivity index (χ1v) is 8.51. The lowest BCUT2D eigenvalue weighted by Gasteiger charge is -2.13. The Labute approximate surface area is 123 Å². The van der Waals surface area contributed by atoms with Crippen LogP contribution in [0.25, 0.3) is 0 Å². The Morgan fingerprint density at radius 2 is 1.79 bits per heavy atom. The summed E-state index contributed by atoms with van der Waals surface area (Å²) >= 11 is 1.84. The minimum Gasteiger partial charge on any atom is -0.312 e. The molecule has 0 radical (unpaired) electrons. The van der Waals surface area contributed by atoms with Gasteiger partial charge in [-0.2, -0.15) is 0 Å². The lowest BCUT2D eigenvalue weighted by molar-refractivity contribution is 0.573. The number of aromatic nitrogens is 1. The third-order valence-corrected chi connectivity index (χ3v) is 4.62. The predicted molar refractivity (Wildman–Crippen MR) is 85.9 cm³/mol. The van der Waals surface area contributed by atoms with E-state index >= 15 is 0 Å². The molecule has 110 valence electrons. The fourth-order valence-corrected chi connectivity index (χ4v) is 2.92. The first kappa shape index (κ1) is 16.6. The molecule has 1 heterocycles. The van der Waals surface area contributed by atoms with Crippen LogP contribution in [0, 0.1) is 0 Å². The zero-order valence-electron chi connectivity index (χ0n) is 13.1. The zero-order valence-corrected chi connectivity index (χ0v) is 13.9. The van der Waals surface area contributed by atoms with E-state index in [1.165, 1.54) is 48.4 Å². The number of hydrogen-bond donors (Lipinski definition) is 1. The molecule has 0 aliphatic heterocycles. The monoisotopic (exact) mass is 282 g/mol. The van der Waals surface area contributed by atoms with Crippen molar-refractivity contribution < 1.29 is 0 Å². The van der Waals surface area contributed by atoms with Gasteiger partial charge < -0.3 is 5.32 Å². The lowest BCUT2D eigenvalue weighted by Crippen LogP contribution is -2.13. The van der Waals surface area contributed by atoms with Gasteiger partial charge >= 0.3 is 0 Å². The van der Waals surface area contributed by atoms with Crippen molar-refractivity contribution in [2.45, 2.75) is 78.2 Å². The molecule has 0 aromatic carbocycles. The van der Waals surface area contributed by atoms with Gasteiger partial charge in [0.05, 0.1) is 5.01 Å². The Morgan fingerprint density at radius 1 is 1.11 bits per heavy atom. The van der Waals surface area contributed by atoms with E-state index < -0.39 is 0 Å². The number of nitrogens with one attached hydrogen (secondary N) is 1. The largest absolute Gasteiger partial charge is 0.312 e. The summed E-state index contributed by atoms with van der Waals surface area (Å²) in [6.45, 7) is 11.0. The van der Waals surface area contributed by atoms with E-state index in [-0.39, 0.29) is 5.41 Å². The smallest absolute Gasteiger partial charge is 0.0981 e. The van der Waals surface area contributed by atoms with Crippen LogP contribution in [-0.2, 0) is 12.0 Å². The first-order valence-electron chi connectivity index (χ1n) is 7.70. The standard InChI is InChI=1S/C16H30N2S/c1-5-6-7-8-9-10-11-17-12-14-13-18-15(19-14)16(2,3)4/h13,17H,5-12H2,1-4H3. The van der Waals surface area contributed by atoms with Gasteiger partial charge in [-0.1, -0.05) is 59.8 Å². The van der Waals surface area contributed by atoms with Gasteiger partial charge in [-0.25, -0.2) is 4.98 Å². The number of hydrogen-bond acceptors (Lipinski definition) is 3. The Balaban J connectivity index is 2.08. The Hall–Kier alpha value is -0.410. The molecular weight excluding hydrogens is 252 g/mol. The van der Waals surface area contributed by atoms with Crippen LogP contribution in [0.2, 0.25) is 0 Å². The molecule has 0 saturated carbocycles. The zero-order chi connectivity index (χ0) is 14.1. The van der Waals surface area contributed by atoms with Crippen LogP contribution in [0.1, 0.15) is 76.1 Å². The summed E-state index contributed by atoms with van der Waals surface area (Å²) in [6.07, 6.45) is 10.2. The Morgan fingerprint density at radius 3 is 2.42 bits per heavy atom. The van der Waals surface area contributed by atoms with Gasteiger partial charge in [0.15, 0.2) is 0 Å². The van der Waals surface area contributed by atoms with Crippen molar-refractivity contribution >= 4 is 11.3 Å². The fourth-order valence-electron chi connectivity index (χ4n) is 1.98. The molecular formula is C16H30N2S. The third kappa shape index (κ3) is 7.07. The second-order valence-corrected chi connectivity index (χ2v) is 7.44. The Kier molecular flexibility index (Phi) is 7.62. The molecule has 1 aromatic heterocycles. The van der Waals surface area contributed by atoms with Crippen molar-refractivity contribution in [1.82, 2.24) is 10.3 Å². The molecule has 1 N–H and O–H groups in total. The molecule has 0 saturated heterocycles. The summed E-state index contributed by atoms with van der Waals surface area (Å²) in [5.41, 5.74) is 0.183. The summed E-state index contributed by atoms with van der Waals surface area (Å²) in [4.78, 5) is 5.87. The molecule has 0 unspecified atom stereocenters. The maximum atomic E-state index is 4.51. The van der Waals surface area contributed by atoms with Crippen LogP contribution in [0.15, 0.2) is 6.20 Å². The number of unbranched alkanes of at least 4 members (excludes halogenated alkanes) is 5. The van der Waals surface area contributed by atoms with Crippen LogP contribution in [-0.4, -0.2) is 11.5 Å². The van der Waals surface area contributed by atoms with Crippen molar-refractivity contribution in [1.29, 1.82) is 0 Å². The highest BCUT2D eigenvalue weighted by Gasteiger charge is 2.17. The van der Waals surface area contributed by atoms with Crippen molar-refractivity contribution in [3.8, 4) is 0 Å².